The molecule has 0 aliphatic carbocycles. The van der Waals surface area contributed by atoms with Gasteiger partial charge in [-0.25, -0.2) is 13.4 Å². The van der Waals surface area contributed by atoms with E-state index in [9.17, 15) is 21.6 Å². The van der Waals surface area contributed by atoms with E-state index in [4.69, 9.17) is 0 Å². The molecule has 5 rings (SSSR count). The van der Waals surface area contributed by atoms with Crippen molar-refractivity contribution in [2.75, 3.05) is 11.9 Å². The van der Waals surface area contributed by atoms with Gasteiger partial charge in [-0.05, 0) is 42.3 Å². The number of nitrogens with one attached hydrogen (secondary N) is 1. The minimum absolute atomic E-state index is 0.00874. The van der Waals surface area contributed by atoms with Gasteiger partial charge in [0.2, 0.25) is 10.0 Å². The second-order valence-electron chi connectivity index (χ2n) is 7.92. The van der Waals surface area contributed by atoms with Gasteiger partial charge in [-0.2, -0.15) is 4.31 Å². The highest BCUT2D eigenvalue weighted by Crippen LogP contribution is 2.34. The summed E-state index contributed by atoms with van der Waals surface area (Å²) in [6.07, 6.45) is -1.43. The van der Waals surface area contributed by atoms with Gasteiger partial charge in [-0.15, -0.1) is 13.2 Å². The zero-order valence-electron chi connectivity index (χ0n) is 18.2. The lowest BCUT2D eigenvalue weighted by Crippen LogP contribution is -2.36. The predicted octanol–water partition coefficient (Wildman–Crippen LogP) is 5.02. The van der Waals surface area contributed by atoms with Crippen LogP contribution in [-0.2, 0) is 23.0 Å². The molecule has 1 aliphatic heterocycles. The summed E-state index contributed by atoms with van der Waals surface area (Å²) in [5, 5.41) is 4.22. The maximum absolute atomic E-state index is 13.2. The minimum Gasteiger partial charge on any atom is -0.404 e. The molecule has 180 valence electrons. The van der Waals surface area contributed by atoms with E-state index in [-0.39, 0.29) is 13.1 Å². The molecule has 2 aromatic carbocycles. The summed E-state index contributed by atoms with van der Waals surface area (Å²) in [6, 6.07) is 16.1. The molecule has 7 nitrogen and oxygen atoms in total. The summed E-state index contributed by atoms with van der Waals surface area (Å²) in [5.74, 6) is -0.177. The Balaban J connectivity index is 1.41. The van der Waals surface area contributed by atoms with Gasteiger partial charge in [-0.3, -0.25) is 4.98 Å². The van der Waals surface area contributed by atoms with Crippen LogP contribution in [0, 0.1) is 0 Å². The molecule has 1 N–H and O–H groups in total. The van der Waals surface area contributed by atoms with Crippen LogP contribution >= 0.6 is 0 Å². The quantitative estimate of drug-likeness (QED) is 0.414. The third-order valence-electron chi connectivity index (χ3n) is 5.66. The zero-order chi connectivity index (χ0) is 24.6. The maximum Gasteiger partial charge on any atom is 0.573 e. The standard InChI is InChI=1S/C24H19F3N4O3S/c25-24(26,27)34-21-7-3-4-8-22(21)35(32,33)31-12-10-19-17(15-31)9-11-28-23(19)30-18-13-16-5-1-2-6-20(16)29-14-18/h1-9,11,13-14H,10,12,15H2,(H,28,30). The lowest BCUT2D eigenvalue weighted by molar-refractivity contribution is -0.275. The maximum atomic E-state index is 13.2. The Morgan fingerprint density at radius 3 is 2.60 bits per heavy atom. The number of rotatable bonds is 5. The largest absolute Gasteiger partial charge is 0.573 e. The summed E-state index contributed by atoms with van der Waals surface area (Å²) in [5.41, 5.74) is 3.14. The Kier molecular flexibility index (Phi) is 5.81. The first kappa shape index (κ1) is 23.1. The van der Waals surface area contributed by atoms with Gasteiger partial charge in [0, 0.05) is 30.2 Å². The molecular formula is C24H19F3N4O3S. The van der Waals surface area contributed by atoms with Crippen molar-refractivity contribution in [3.05, 3.63) is 84.2 Å². The van der Waals surface area contributed by atoms with Gasteiger partial charge in [0.05, 0.1) is 17.4 Å². The normalized spacial score (nSPS) is 14.5. The van der Waals surface area contributed by atoms with E-state index in [0.717, 1.165) is 38.6 Å². The van der Waals surface area contributed by atoms with Crippen molar-refractivity contribution in [3.8, 4) is 5.75 Å². The highest BCUT2D eigenvalue weighted by Gasteiger charge is 2.36. The van der Waals surface area contributed by atoms with Crippen LogP contribution in [0.2, 0.25) is 0 Å². The van der Waals surface area contributed by atoms with E-state index in [1.54, 1.807) is 18.5 Å². The molecule has 4 aromatic rings. The molecule has 0 fully saturated rings. The van der Waals surface area contributed by atoms with E-state index < -0.39 is 27.0 Å². The third-order valence-corrected chi connectivity index (χ3v) is 7.54. The van der Waals surface area contributed by atoms with Gasteiger partial charge < -0.3 is 10.1 Å². The lowest BCUT2D eigenvalue weighted by atomic mass is 10.0. The number of pyridine rings is 2. The molecule has 2 aromatic heterocycles. The van der Waals surface area contributed by atoms with Gasteiger partial charge in [0.15, 0.2) is 0 Å². The number of nitrogens with zero attached hydrogens (tertiary/aromatic N) is 3. The van der Waals surface area contributed by atoms with Crippen molar-refractivity contribution in [1.29, 1.82) is 0 Å². The van der Waals surface area contributed by atoms with Crippen molar-refractivity contribution >= 4 is 32.4 Å². The van der Waals surface area contributed by atoms with Crippen LogP contribution in [0.4, 0.5) is 24.7 Å². The molecule has 0 saturated heterocycles. The minimum atomic E-state index is -5.01. The van der Waals surface area contributed by atoms with E-state index >= 15 is 0 Å². The number of halogens is 3. The number of para-hydroxylation sites is 2. The number of fused-ring (bicyclic) bond motifs is 2. The fraction of sp³-hybridized carbons (Fsp3) is 0.167. The summed E-state index contributed by atoms with van der Waals surface area (Å²) in [7, 11) is -4.25. The number of aromatic nitrogens is 2. The molecule has 0 radical (unpaired) electrons. The van der Waals surface area contributed by atoms with Gasteiger partial charge in [-0.1, -0.05) is 30.3 Å². The van der Waals surface area contributed by atoms with Crippen molar-refractivity contribution in [2.24, 2.45) is 0 Å². The smallest absolute Gasteiger partial charge is 0.404 e. The number of anilines is 2. The highest BCUT2D eigenvalue weighted by atomic mass is 32.2. The fourth-order valence-corrected chi connectivity index (χ4v) is 5.60. The van der Waals surface area contributed by atoms with Crippen molar-refractivity contribution in [3.63, 3.8) is 0 Å². The molecule has 0 spiro atoms. The molecule has 11 heteroatoms. The number of ether oxygens (including phenoxy) is 1. The fourth-order valence-electron chi connectivity index (χ4n) is 4.07. The Morgan fingerprint density at radius 1 is 1.00 bits per heavy atom. The molecule has 0 atom stereocenters. The van der Waals surface area contributed by atoms with Crippen LogP contribution in [0.3, 0.4) is 0 Å². The third kappa shape index (κ3) is 4.77. The van der Waals surface area contributed by atoms with Gasteiger partial charge in [0.1, 0.15) is 16.5 Å². The number of benzene rings is 2. The highest BCUT2D eigenvalue weighted by molar-refractivity contribution is 7.89. The van der Waals surface area contributed by atoms with Crippen LogP contribution in [0.25, 0.3) is 10.9 Å². The Bertz CT molecular complexity index is 1510. The van der Waals surface area contributed by atoms with E-state index in [2.05, 4.69) is 20.0 Å². The van der Waals surface area contributed by atoms with Gasteiger partial charge >= 0.3 is 6.36 Å². The van der Waals surface area contributed by atoms with Crippen molar-refractivity contribution < 1.29 is 26.3 Å². The Labute approximate surface area is 199 Å². The molecule has 35 heavy (non-hydrogen) atoms. The number of alkyl halides is 3. The molecule has 1 aliphatic rings. The molecule has 0 saturated carbocycles. The van der Waals surface area contributed by atoms with Crippen LogP contribution in [0.1, 0.15) is 11.1 Å². The zero-order valence-corrected chi connectivity index (χ0v) is 19.0. The Morgan fingerprint density at radius 2 is 1.77 bits per heavy atom. The molecular weight excluding hydrogens is 481 g/mol. The van der Waals surface area contributed by atoms with E-state index in [1.165, 1.54) is 12.1 Å². The second-order valence-corrected chi connectivity index (χ2v) is 9.83. The van der Waals surface area contributed by atoms with E-state index in [1.807, 2.05) is 30.3 Å². The lowest BCUT2D eigenvalue weighted by Gasteiger charge is -2.29. The SMILES string of the molecule is O=S(=O)(c1ccccc1OC(F)(F)F)N1CCc2c(ccnc2Nc2cnc3ccccc3c2)C1. The van der Waals surface area contributed by atoms with E-state index in [0.29, 0.717) is 17.8 Å². The predicted molar refractivity (Wildman–Crippen MR) is 124 cm³/mol. The van der Waals surface area contributed by atoms with Crippen molar-refractivity contribution in [1.82, 2.24) is 14.3 Å². The van der Waals surface area contributed by atoms with Crippen LogP contribution in [0.15, 0.2) is 78.0 Å². The summed E-state index contributed by atoms with van der Waals surface area (Å²) >= 11 is 0. The first-order valence-electron chi connectivity index (χ1n) is 10.6. The first-order chi connectivity index (χ1) is 16.7. The average Bonchev–Trinajstić information content (AvgIpc) is 2.83. The van der Waals surface area contributed by atoms with Crippen LogP contribution < -0.4 is 10.1 Å². The first-order valence-corrected chi connectivity index (χ1v) is 12.1. The average molecular weight is 501 g/mol. The summed E-state index contributed by atoms with van der Waals surface area (Å²) in [4.78, 5) is 8.31. The molecule has 0 amide bonds. The Hall–Kier alpha value is -3.70. The molecule has 0 unspecified atom stereocenters. The van der Waals surface area contributed by atoms with Gasteiger partial charge in [0.25, 0.3) is 0 Å². The number of hydrogen-bond acceptors (Lipinski definition) is 6. The van der Waals surface area contributed by atoms with Crippen LogP contribution in [-0.4, -0.2) is 35.6 Å². The topological polar surface area (TPSA) is 84.4 Å². The number of hydrogen-bond donors (Lipinski definition) is 1. The van der Waals surface area contributed by atoms with Crippen molar-refractivity contribution in [2.45, 2.75) is 24.2 Å². The molecule has 3 heterocycles. The molecule has 0 bridgehead atoms. The monoisotopic (exact) mass is 500 g/mol. The summed E-state index contributed by atoms with van der Waals surface area (Å²) in [6.45, 7) is 0.0667. The van der Waals surface area contributed by atoms with Crippen LogP contribution in [0.5, 0.6) is 5.75 Å². The summed E-state index contributed by atoms with van der Waals surface area (Å²) < 4.78 is 70.0. The number of sulfonamides is 1. The second kappa shape index (κ2) is 8.82.